The third kappa shape index (κ3) is 4.13. The highest BCUT2D eigenvalue weighted by Crippen LogP contribution is 2.31. The van der Waals surface area contributed by atoms with Gasteiger partial charge in [-0.1, -0.05) is 6.92 Å². The lowest BCUT2D eigenvalue weighted by molar-refractivity contribution is -0.0763. The van der Waals surface area contributed by atoms with Gasteiger partial charge in [0, 0.05) is 56.1 Å². The smallest absolute Gasteiger partial charge is 0.243 e. The molecule has 190 valence electrons. The lowest BCUT2D eigenvalue weighted by atomic mass is 9.92. The first-order valence-electron chi connectivity index (χ1n) is 12.3. The van der Waals surface area contributed by atoms with E-state index in [9.17, 15) is 8.78 Å². The van der Waals surface area contributed by atoms with Crippen molar-refractivity contribution >= 4 is 22.9 Å². The van der Waals surface area contributed by atoms with Gasteiger partial charge in [0.15, 0.2) is 11.5 Å². The molecule has 2 aliphatic heterocycles. The standard InChI is InChI=1S/C24H29F2N9O/c1-14-11-33(16-12-36-13-16)6-4-18(14)30-24-31-22(27-2)21-17(3-7-34(21)32-24)19-5-8-35-23(29-19)15(10-28-35)9-20(25)26/h3,5,7-8,10,14,16,18,20H,4,6,9,11-13H2,1-2H3,(H2,27,30,31,32)/t14-,18+/m1/s1. The van der Waals surface area contributed by atoms with Crippen LogP contribution in [0.15, 0.2) is 30.7 Å². The maximum Gasteiger partial charge on any atom is 0.243 e. The fourth-order valence-corrected chi connectivity index (χ4v) is 5.17. The minimum absolute atomic E-state index is 0.277. The molecule has 0 aliphatic carbocycles. The van der Waals surface area contributed by atoms with Crippen LogP contribution < -0.4 is 10.6 Å². The Hall–Kier alpha value is -3.38. The predicted molar refractivity (Wildman–Crippen MR) is 132 cm³/mol. The van der Waals surface area contributed by atoms with Crippen molar-refractivity contribution in [2.75, 3.05) is 44.0 Å². The van der Waals surface area contributed by atoms with Gasteiger partial charge >= 0.3 is 0 Å². The Morgan fingerprint density at radius 3 is 2.72 bits per heavy atom. The quantitative estimate of drug-likeness (QED) is 0.403. The van der Waals surface area contributed by atoms with Crippen molar-refractivity contribution in [2.24, 2.45) is 5.92 Å². The first-order valence-corrected chi connectivity index (χ1v) is 12.3. The minimum atomic E-state index is -2.46. The van der Waals surface area contributed by atoms with Gasteiger partial charge in [0.05, 0.1) is 31.1 Å². The van der Waals surface area contributed by atoms with Gasteiger partial charge in [0.25, 0.3) is 0 Å². The van der Waals surface area contributed by atoms with E-state index in [0.717, 1.165) is 43.8 Å². The number of ether oxygens (including phenoxy) is 1. The first kappa shape index (κ1) is 23.0. The molecule has 0 amide bonds. The summed E-state index contributed by atoms with van der Waals surface area (Å²) in [4.78, 5) is 11.9. The van der Waals surface area contributed by atoms with Gasteiger partial charge in [-0.15, -0.1) is 5.10 Å². The second-order valence-corrected chi connectivity index (χ2v) is 9.61. The van der Waals surface area contributed by atoms with Crippen molar-refractivity contribution in [2.45, 2.75) is 38.3 Å². The number of hydrogen-bond acceptors (Lipinski definition) is 8. The fraction of sp³-hybridized carbons (Fsp3) is 0.500. The van der Waals surface area contributed by atoms with E-state index in [4.69, 9.17) is 14.8 Å². The lowest BCUT2D eigenvalue weighted by Crippen LogP contribution is -2.55. The monoisotopic (exact) mass is 497 g/mol. The van der Waals surface area contributed by atoms with E-state index in [0.29, 0.717) is 40.6 Å². The van der Waals surface area contributed by atoms with Gasteiger partial charge in [-0.25, -0.2) is 22.8 Å². The first-order chi connectivity index (χ1) is 17.5. The molecule has 0 radical (unpaired) electrons. The van der Waals surface area contributed by atoms with Crippen molar-refractivity contribution in [3.63, 3.8) is 0 Å². The molecule has 4 aromatic heterocycles. The molecule has 6 heterocycles. The molecule has 6 rings (SSSR count). The van der Waals surface area contributed by atoms with Crippen LogP contribution in [-0.4, -0.2) is 86.0 Å². The van der Waals surface area contributed by atoms with Crippen molar-refractivity contribution < 1.29 is 13.5 Å². The molecule has 36 heavy (non-hydrogen) atoms. The highest BCUT2D eigenvalue weighted by atomic mass is 19.3. The Kier molecular flexibility index (Phi) is 5.92. The number of aromatic nitrogens is 6. The molecule has 4 aromatic rings. The molecule has 0 spiro atoms. The number of alkyl halides is 2. The lowest BCUT2D eigenvalue weighted by Gasteiger charge is -2.44. The molecule has 10 nitrogen and oxygen atoms in total. The maximum atomic E-state index is 13.0. The summed E-state index contributed by atoms with van der Waals surface area (Å²) in [6.07, 6.45) is 3.21. The van der Waals surface area contributed by atoms with E-state index < -0.39 is 6.43 Å². The van der Waals surface area contributed by atoms with Crippen LogP contribution in [0.3, 0.4) is 0 Å². The highest BCUT2D eigenvalue weighted by Gasteiger charge is 2.33. The molecule has 2 atom stereocenters. The Bertz CT molecular complexity index is 1380. The van der Waals surface area contributed by atoms with Crippen LogP contribution in [0.2, 0.25) is 0 Å². The number of hydrogen-bond donors (Lipinski definition) is 2. The molecular weight excluding hydrogens is 468 g/mol. The van der Waals surface area contributed by atoms with Crippen molar-refractivity contribution in [1.29, 1.82) is 0 Å². The zero-order valence-electron chi connectivity index (χ0n) is 20.2. The van der Waals surface area contributed by atoms with E-state index in [1.165, 1.54) is 10.7 Å². The molecule has 2 fully saturated rings. The SMILES string of the molecule is CNc1nc(N[C@H]2CCN(C3COC3)C[C@H]2C)nn2ccc(-c3ccn4ncc(CC(F)F)c4n3)c12. The van der Waals surface area contributed by atoms with Gasteiger partial charge in [0.1, 0.15) is 5.52 Å². The van der Waals surface area contributed by atoms with E-state index in [1.54, 1.807) is 10.7 Å². The number of rotatable bonds is 7. The summed E-state index contributed by atoms with van der Waals surface area (Å²) in [5.41, 5.74) is 3.05. The van der Waals surface area contributed by atoms with Crippen LogP contribution in [0.4, 0.5) is 20.5 Å². The summed E-state index contributed by atoms with van der Waals surface area (Å²) in [5.74, 6) is 1.67. The maximum absolute atomic E-state index is 13.0. The molecular formula is C24H29F2N9O. The summed E-state index contributed by atoms with van der Waals surface area (Å²) in [6, 6.07) is 4.56. The fourth-order valence-electron chi connectivity index (χ4n) is 5.17. The number of anilines is 2. The van der Waals surface area contributed by atoms with Gasteiger partial charge < -0.3 is 15.4 Å². The molecule has 2 saturated heterocycles. The average Bonchev–Trinajstić information content (AvgIpc) is 3.43. The minimum Gasteiger partial charge on any atom is -0.378 e. The third-order valence-corrected chi connectivity index (χ3v) is 7.23. The van der Waals surface area contributed by atoms with E-state index in [1.807, 2.05) is 25.4 Å². The molecule has 2 N–H and O–H groups in total. The number of piperidine rings is 1. The molecule has 12 heteroatoms. The Labute approximate surface area is 206 Å². The van der Waals surface area contributed by atoms with Crippen LogP contribution in [-0.2, 0) is 11.2 Å². The Morgan fingerprint density at radius 1 is 1.17 bits per heavy atom. The number of nitrogens with zero attached hydrogens (tertiary/aromatic N) is 7. The number of likely N-dealkylation sites (tertiary alicyclic amines) is 1. The second-order valence-electron chi connectivity index (χ2n) is 9.61. The summed E-state index contributed by atoms with van der Waals surface area (Å²) >= 11 is 0. The molecule has 0 bridgehead atoms. The summed E-state index contributed by atoms with van der Waals surface area (Å²) in [7, 11) is 1.82. The van der Waals surface area contributed by atoms with Gasteiger partial charge in [-0.2, -0.15) is 10.1 Å². The van der Waals surface area contributed by atoms with Crippen molar-refractivity contribution in [3.8, 4) is 11.3 Å². The van der Waals surface area contributed by atoms with Crippen molar-refractivity contribution in [3.05, 3.63) is 36.3 Å². The van der Waals surface area contributed by atoms with E-state index in [2.05, 4.69) is 32.5 Å². The summed E-state index contributed by atoms with van der Waals surface area (Å²) in [5, 5.41) is 15.6. The van der Waals surface area contributed by atoms with E-state index >= 15 is 0 Å². The summed E-state index contributed by atoms with van der Waals surface area (Å²) in [6.45, 7) is 5.98. The van der Waals surface area contributed by atoms with Crippen LogP contribution in [0.1, 0.15) is 18.9 Å². The second kappa shape index (κ2) is 9.25. The van der Waals surface area contributed by atoms with Gasteiger partial charge in [-0.3, -0.25) is 4.90 Å². The Balaban J connectivity index is 1.28. The van der Waals surface area contributed by atoms with Crippen LogP contribution in [0.25, 0.3) is 22.4 Å². The topological polar surface area (TPSA) is 96.9 Å². The van der Waals surface area contributed by atoms with Gasteiger partial charge in [-0.05, 0) is 24.5 Å². The number of halogens is 2. The summed E-state index contributed by atoms with van der Waals surface area (Å²) < 4.78 is 34.7. The normalized spacial score (nSPS) is 21.4. The van der Waals surface area contributed by atoms with E-state index in [-0.39, 0.29) is 12.5 Å². The van der Waals surface area contributed by atoms with Crippen LogP contribution in [0.5, 0.6) is 0 Å². The Morgan fingerprint density at radius 2 is 2.00 bits per heavy atom. The number of fused-ring (bicyclic) bond motifs is 2. The zero-order chi connectivity index (χ0) is 24.8. The number of nitrogens with one attached hydrogen (secondary N) is 2. The van der Waals surface area contributed by atoms with Crippen molar-refractivity contribution in [1.82, 2.24) is 34.1 Å². The van der Waals surface area contributed by atoms with Gasteiger partial charge in [0.2, 0.25) is 12.4 Å². The average molecular weight is 498 g/mol. The molecule has 0 unspecified atom stereocenters. The van der Waals surface area contributed by atoms with Crippen LogP contribution >= 0.6 is 0 Å². The van der Waals surface area contributed by atoms with Crippen LogP contribution in [0, 0.1) is 5.92 Å². The largest absolute Gasteiger partial charge is 0.378 e. The molecule has 0 saturated carbocycles. The third-order valence-electron chi connectivity index (χ3n) is 7.23. The molecule has 0 aromatic carbocycles. The highest BCUT2D eigenvalue weighted by molar-refractivity contribution is 5.87. The zero-order valence-corrected chi connectivity index (χ0v) is 20.2. The predicted octanol–water partition coefficient (Wildman–Crippen LogP) is 2.81. The molecule has 2 aliphatic rings.